The number of carbonyl (C=O) groups excluding carboxylic acids is 1. The zero-order chi connectivity index (χ0) is 9.14. The highest BCUT2D eigenvalue weighted by molar-refractivity contribution is 5.87. The van der Waals surface area contributed by atoms with Crippen molar-refractivity contribution in [2.75, 3.05) is 6.54 Å². The summed E-state index contributed by atoms with van der Waals surface area (Å²) in [5.74, 6) is 6.00. The van der Waals surface area contributed by atoms with Crippen LogP contribution in [0.5, 0.6) is 0 Å². The molecule has 1 rings (SSSR count). The van der Waals surface area contributed by atoms with Crippen molar-refractivity contribution in [3.8, 4) is 0 Å². The molecule has 1 aliphatic rings. The summed E-state index contributed by atoms with van der Waals surface area (Å²) >= 11 is 0. The number of nitrogens with two attached hydrogens (primary N) is 1. The normalized spacial score (nSPS) is 17.8. The average molecular weight is 168 g/mol. The fourth-order valence-electron chi connectivity index (χ4n) is 1.09. The van der Waals surface area contributed by atoms with Gasteiger partial charge in [0, 0.05) is 12.6 Å². The third kappa shape index (κ3) is 2.34. The monoisotopic (exact) mass is 168 g/mol. The highest BCUT2D eigenvalue weighted by Crippen LogP contribution is 2.35. The van der Waals surface area contributed by atoms with Gasteiger partial charge < -0.3 is 0 Å². The number of amides is 1. The molecule has 1 aliphatic carbocycles. The summed E-state index contributed by atoms with van der Waals surface area (Å²) in [5, 5.41) is 1.23. The van der Waals surface area contributed by atoms with Gasteiger partial charge in [-0.15, -0.1) is 0 Å². The van der Waals surface area contributed by atoms with Gasteiger partial charge in [-0.05, 0) is 32.6 Å². The Morgan fingerprint density at radius 2 is 2.25 bits per heavy atom. The zero-order valence-electron chi connectivity index (χ0n) is 7.71. The van der Waals surface area contributed by atoms with Crippen LogP contribution in [0.1, 0.15) is 26.7 Å². The van der Waals surface area contributed by atoms with Crippen LogP contribution >= 0.6 is 0 Å². The Morgan fingerprint density at radius 3 is 2.67 bits per heavy atom. The number of carbonyl (C=O) groups is 1. The molecule has 0 aromatic rings. The molecule has 68 valence electrons. The Morgan fingerprint density at radius 1 is 1.67 bits per heavy atom. The van der Waals surface area contributed by atoms with Crippen LogP contribution in [-0.2, 0) is 4.79 Å². The van der Waals surface area contributed by atoms with Crippen molar-refractivity contribution in [1.82, 2.24) is 5.01 Å². The second-order valence-electron chi connectivity index (χ2n) is 3.29. The minimum Gasteiger partial charge on any atom is -0.277 e. The molecular weight excluding hydrogens is 152 g/mol. The molecule has 0 bridgehead atoms. The molecule has 3 heteroatoms. The first-order valence-electron chi connectivity index (χ1n) is 4.39. The quantitative estimate of drug-likeness (QED) is 0.296. The van der Waals surface area contributed by atoms with E-state index < -0.39 is 0 Å². The van der Waals surface area contributed by atoms with E-state index in [2.05, 4.69) is 0 Å². The lowest BCUT2D eigenvalue weighted by Crippen LogP contribution is -2.35. The lowest BCUT2D eigenvalue weighted by Gasteiger charge is -2.11. The second-order valence-corrected chi connectivity index (χ2v) is 3.29. The molecule has 0 heterocycles. The number of nitrogens with zero attached hydrogens (tertiary/aromatic N) is 1. The Balaban J connectivity index is 2.47. The number of allylic oxidation sites excluding steroid dienone is 1. The van der Waals surface area contributed by atoms with Crippen molar-refractivity contribution in [1.29, 1.82) is 0 Å². The van der Waals surface area contributed by atoms with Crippen molar-refractivity contribution in [2.45, 2.75) is 26.7 Å². The Hall–Kier alpha value is -0.830. The van der Waals surface area contributed by atoms with Crippen molar-refractivity contribution in [2.24, 2.45) is 11.8 Å². The minimum atomic E-state index is -0.0816. The Bertz CT molecular complexity index is 207. The van der Waals surface area contributed by atoms with Crippen LogP contribution in [0.4, 0.5) is 0 Å². The topological polar surface area (TPSA) is 46.3 Å². The van der Waals surface area contributed by atoms with Gasteiger partial charge in [-0.25, -0.2) is 5.84 Å². The fraction of sp³-hybridized carbons (Fsp3) is 0.667. The third-order valence-corrected chi connectivity index (χ3v) is 2.20. The lowest BCUT2D eigenvalue weighted by molar-refractivity contribution is -0.126. The highest BCUT2D eigenvalue weighted by Gasteiger charge is 2.23. The van der Waals surface area contributed by atoms with Crippen LogP contribution in [0.2, 0.25) is 0 Å². The standard InChI is InChI=1S/C9H16N2O/c1-3-11(10)9(12)6-7(2)8-4-5-8/h6,8H,3-5,10H2,1-2H3/b7-6+. The molecule has 1 fully saturated rings. The van der Waals surface area contributed by atoms with Gasteiger partial charge in [-0.3, -0.25) is 9.80 Å². The number of rotatable bonds is 3. The number of hydrogen-bond donors (Lipinski definition) is 1. The summed E-state index contributed by atoms with van der Waals surface area (Å²) in [7, 11) is 0. The van der Waals surface area contributed by atoms with E-state index in [4.69, 9.17) is 5.84 Å². The van der Waals surface area contributed by atoms with Gasteiger partial charge >= 0.3 is 0 Å². The molecule has 0 atom stereocenters. The number of hydrogen-bond acceptors (Lipinski definition) is 2. The minimum absolute atomic E-state index is 0.0816. The number of likely N-dealkylation sites (N-methyl/N-ethyl adjacent to an activating group) is 1. The van der Waals surface area contributed by atoms with Gasteiger partial charge in [0.05, 0.1) is 0 Å². The van der Waals surface area contributed by atoms with Gasteiger partial charge in [-0.2, -0.15) is 0 Å². The molecular formula is C9H16N2O. The van der Waals surface area contributed by atoms with Crippen LogP contribution in [0.15, 0.2) is 11.6 Å². The summed E-state index contributed by atoms with van der Waals surface area (Å²) in [6.45, 7) is 4.42. The molecule has 12 heavy (non-hydrogen) atoms. The molecule has 2 N–H and O–H groups in total. The summed E-state index contributed by atoms with van der Waals surface area (Å²) in [6.07, 6.45) is 4.11. The Labute approximate surface area is 73.2 Å². The van der Waals surface area contributed by atoms with E-state index >= 15 is 0 Å². The zero-order valence-corrected chi connectivity index (χ0v) is 7.71. The van der Waals surface area contributed by atoms with E-state index in [-0.39, 0.29) is 5.91 Å². The van der Waals surface area contributed by atoms with Crippen molar-refractivity contribution in [3.05, 3.63) is 11.6 Å². The van der Waals surface area contributed by atoms with Gasteiger partial charge in [0.15, 0.2) is 0 Å². The van der Waals surface area contributed by atoms with Crippen LogP contribution in [0.3, 0.4) is 0 Å². The van der Waals surface area contributed by atoms with E-state index in [1.54, 1.807) is 6.08 Å². The van der Waals surface area contributed by atoms with Gasteiger partial charge in [0.25, 0.3) is 5.91 Å². The van der Waals surface area contributed by atoms with E-state index in [0.717, 1.165) is 0 Å². The molecule has 1 amide bonds. The highest BCUT2D eigenvalue weighted by atomic mass is 16.2. The van der Waals surface area contributed by atoms with Crippen LogP contribution in [0, 0.1) is 5.92 Å². The van der Waals surface area contributed by atoms with E-state index in [0.29, 0.717) is 12.5 Å². The van der Waals surface area contributed by atoms with Crippen LogP contribution < -0.4 is 5.84 Å². The first-order chi connectivity index (χ1) is 5.65. The molecule has 0 aromatic carbocycles. The molecule has 0 aliphatic heterocycles. The van der Waals surface area contributed by atoms with E-state index in [9.17, 15) is 4.79 Å². The predicted octanol–water partition coefficient (Wildman–Crippen LogP) is 1.06. The van der Waals surface area contributed by atoms with Crippen molar-refractivity contribution in [3.63, 3.8) is 0 Å². The van der Waals surface area contributed by atoms with E-state index in [1.165, 1.54) is 23.4 Å². The molecule has 3 nitrogen and oxygen atoms in total. The average Bonchev–Trinajstić information content (AvgIpc) is 2.84. The first-order valence-corrected chi connectivity index (χ1v) is 4.39. The van der Waals surface area contributed by atoms with Crippen molar-refractivity contribution >= 4 is 5.91 Å². The lowest BCUT2D eigenvalue weighted by atomic mass is 10.2. The smallest absolute Gasteiger partial charge is 0.260 e. The molecule has 0 unspecified atom stereocenters. The third-order valence-electron chi connectivity index (χ3n) is 2.20. The summed E-state index contributed by atoms with van der Waals surface area (Å²) < 4.78 is 0. The Kier molecular flexibility index (Phi) is 2.87. The number of hydrazine groups is 1. The summed E-state index contributed by atoms with van der Waals surface area (Å²) in [6, 6.07) is 0. The second kappa shape index (κ2) is 3.72. The molecule has 0 saturated heterocycles. The van der Waals surface area contributed by atoms with Crippen molar-refractivity contribution < 1.29 is 4.79 Å². The first kappa shape index (κ1) is 9.26. The summed E-state index contributed by atoms with van der Waals surface area (Å²) in [4.78, 5) is 11.2. The summed E-state index contributed by atoms with van der Waals surface area (Å²) in [5.41, 5.74) is 1.17. The SMILES string of the molecule is CCN(N)C(=O)/C=C(\C)C1CC1. The fourth-order valence-corrected chi connectivity index (χ4v) is 1.09. The predicted molar refractivity (Wildman–Crippen MR) is 48.1 cm³/mol. The maximum absolute atomic E-state index is 11.2. The van der Waals surface area contributed by atoms with Crippen LogP contribution in [0.25, 0.3) is 0 Å². The van der Waals surface area contributed by atoms with Crippen LogP contribution in [-0.4, -0.2) is 17.5 Å². The van der Waals surface area contributed by atoms with Gasteiger partial charge in [0.2, 0.25) is 0 Å². The molecule has 0 spiro atoms. The van der Waals surface area contributed by atoms with Gasteiger partial charge in [0.1, 0.15) is 0 Å². The molecule has 1 saturated carbocycles. The maximum Gasteiger partial charge on any atom is 0.260 e. The molecule has 0 radical (unpaired) electrons. The van der Waals surface area contributed by atoms with E-state index in [1.807, 2.05) is 13.8 Å². The van der Waals surface area contributed by atoms with Gasteiger partial charge in [-0.1, -0.05) is 5.57 Å². The largest absolute Gasteiger partial charge is 0.277 e. The maximum atomic E-state index is 11.2. The molecule has 0 aromatic heterocycles.